The Labute approximate surface area is 97.4 Å². The molecule has 3 nitrogen and oxygen atoms in total. The van der Waals surface area contributed by atoms with Gasteiger partial charge >= 0.3 is 0 Å². The Morgan fingerprint density at radius 2 is 2.06 bits per heavy atom. The van der Waals surface area contributed by atoms with Gasteiger partial charge in [0.2, 0.25) is 6.17 Å². The number of aldehydes is 1. The van der Waals surface area contributed by atoms with E-state index in [0.717, 1.165) is 0 Å². The van der Waals surface area contributed by atoms with E-state index in [1.165, 1.54) is 25.3 Å². The zero-order valence-electron chi connectivity index (χ0n) is 9.44. The Kier molecular flexibility index (Phi) is 4.31. The third-order valence-corrected chi connectivity index (χ3v) is 2.34. The van der Waals surface area contributed by atoms with E-state index in [9.17, 15) is 18.4 Å². The van der Waals surface area contributed by atoms with Gasteiger partial charge in [-0.15, -0.1) is 0 Å². The van der Waals surface area contributed by atoms with Crippen LogP contribution in [0.2, 0.25) is 0 Å². The number of rotatable bonds is 5. The SMILES string of the molecule is COc1ccc(C(=O)C(F)C(F)C=O)cc1C. The van der Waals surface area contributed by atoms with E-state index in [-0.39, 0.29) is 11.8 Å². The third kappa shape index (κ3) is 2.87. The second-order valence-electron chi connectivity index (χ2n) is 3.53. The molecule has 0 fully saturated rings. The molecule has 0 amide bonds. The first-order chi connectivity index (χ1) is 8.01. The fourth-order valence-electron chi connectivity index (χ4n) is 1.40. The highest BCUT2D eigenvalue weighted by molar-refractivity contribution is 6.01. The van der Waals surface area contributed by atoms with Crippen LogP contribution in [0.3, 0.4) is 0 Å². The molecule has 0 aliphatic rings. The average Bonchev–Trinajstić information content (AvgIpc) is 2.35. The van der Waals surface area contributed by atoms with Crippen molar-refractivity contribution in [2.24, 2.45) is 0 Å². The van der Waals surface area contributed by atoms with Crippen molar-refractivity contribution in [3.63, 3.8) is 0 Å². The highest BCUT2D eigenvalue weighted by Gasteiger charge is 2.28. The lowest BCUT2D eigenvalue weighted by Crippen LogP contribution is -2.28. The second-order valence-corrected chi connectivity index (χ2v) is 3.53. The van der Waals surface area contributed by atoms with Crippen LogP contribution < -0.4 is 4.74 Å². The van der Waals surface area contributed by atoms with E-state index in [4.69, 9.17) is 4.74 Å². The van der Waals surface area contributed by atoms with E-state index >= 15 is 0 Å². The van der Waals surface area contributed by atoms with E-state index in [2.05, 4.69) is 0 Å². The molecule has 2 unspecified atom stereocenters. The van der Waals surface area contributed by atoms with Crippen LogP contribution in [0, 0.1) is 6.92 Å². The summed E-state index contributed by atoms with van der Waals surface area (Å²) in [5.41, 5.74) is 0.646. The van der Waals surface area contributed by atoms with Crippen molar-refractivity contribution in [1.29, 1.82) is 0 Å². The number of carbonyl (C=O) groups excluding carboxylic acids is 2. The molecule has 1 rings (SSSR count). The lowest BCUT2D eigenvalue weighted by molar-refractivity contribution is -0.113. The Morgan fingerprint density at radius 3 is 2.53 bits per heavy atom. The first-order valence-corrected chi connectivity index (χ1v) is 4.93. The van der Waals surface area contributed by atoms with Crippen molar-refractivity contribution in [3.8, 4) is 5.75 Å². The molecule has 0 saturated heterocycles. The van der Waals surface area contributed by atoms with Crippen molar-refractivity contribution in [3.05, 3.63) is 29.3 Å². The van der Waals surface area contributed by atoms with E-state index in [0.29, 0.717) is 11.3 Å². The number of ether oxygens (including phenoxy) is 1. The number of benzene rings is 1. The molecule has 1 aromatic rings. The summed E-state index contributed by atoms with van der Waals surface area (Å²) in [5, 5.41) is 0. The summed E-state index contributed by atoms with van der Waals surface area (Å²) in [7, 11) is 1.46. The van der Waals surface area contributed by atoms with Gasteiger partial charge in [0.15, 0.2) is 18.2 Å². The quantitative estimate of drug-likeness (QED) is 0.586. The summed E-state index contributed by atoms with van der Waals surface area (Å²) >= 11 is 0. The van der Waals surface area contributed by atoms with E-state index in [1.807, 2.05) is 0 Å². The summed E-state index contributed by atoms with van der Waals surface area (Å²) < 4.78 is 30.9. The average molecular weight is 242 g/mol. The Hall–Kier alpha value is -1.78. The van der Waals surface area contributed by atoms with Gasteiger partial charge in [-0.3, -0.25) is 9.59 Å². The number of carbonyl (C=O) groups is 2. The van der Waals surface area contributed by atoms with Crippen LogP contribution in [-0.2, 0) is 4.79 Å². The molecule has 0 heterocycles. The van der Waals surface area contributed by atoms with Crippen LogP contribution in [0.4, 0.5) is 8.78 Å². The maximum atomic E-state index is 13.2. The number of Topliss-reactive ketones (excluding diaryl/α,β-unsaturated/α-hetero) is 1. The van der Waals surface area contributed by atoms with Crippen molar-refractivity contribution in [2.75, 3.05) is 7.11 Å². The Bertz CT molecular complexity index is 432. The van der Waals surface area contributed by atoms with Gasteiger partial charge in [-0.2, -0.15) is 0 Å². The van der Waals surface area contributed by atoms with E-state index < -0.39 is 18.1 Å². The lowest BCUT2D eigenvalue weighted by Gasteiger charge is -2.09. The first-order valence-electron chi connectivity index (χ1n) is 4.93. The van der Waals surface area contributed by atoms with Crippen LogP contribution in [-0.4, -0.2) is 31.5 Å². The van der Waals surface area contributed by atoms with Gasteiger partial charge in [-0.25, -0.2) is 8.78 Å². The van der Waals surface area contributed by atoms with E-state index in [1.54, 1.807) is 6.92 Å². The molecule has 0 bridgehead atoms. The molecule has 0 aliphatic heterocycles. The monoisotopic (exact) mass is 242 g/mol. The summed E-state index contributed by atoms with van der Waals surface area (Å²) in [6, 6.07) is 4.22. The van der Waals surface area contributed by atoms with Crippen molar-refractivity contribution < 1.29 is 23.1 Å². The summed E-state index contributed by atoms with van der Waals surface area (Å²) in [6.45, 7) is 1.68. The number of hydrogen-bond donors (Lipinski definition) is 0. The third-order valence-electron chi connectivity index (χ3n) is 2.34. The molecular formula is C12H12F2O3. The van der Waals surface area contributed by atoms with Crippen LogP contribution in [0.1, 0.15) is 15.9 Å². The lowest BCUT2D eigenvalue weighted by atomic mass is 10.0. The van der Waals surface area contributed by atoms with Gasteiger partial charge in [-0.05, 0) is 30.7 Å². The van der Waals surface area contributed by atoms with Gasteiger partial charge in [0, 0.05) is 5.56 Å². The molecule has 0 N–H and O–H groups in total. The minimum Gasteiger partial charge on any atom is -0.496 e. The van der Waals surface area contributed by atoms with Crippen LogP contribution in [0.5, 0.6) is 5.75 Å². The number of hydrogen-bond acceptors (Lipinski definition) is 3. The summed E-state index contributed by atoms with van der Waals surface area (Å²) in [5.74, 6) is -0.500. The fraction of sp³-hybridized carbons (Fsp3) is 0.333. The molecule has 5 heteroatoms. The zero-order valence-corrected chi connectivity index (χ0v) is 9.44. The molecule has 0 radical (unpaired) electrons. The smallest absolute Gasteiger partial charge is 0.200 e. The number of ketones is 1. The van der Waals surface area contributed by atoms with Crippen LogP contribution >= 0.6 is 0 Å². The molecule has 1 aromatic carbocycles. The van der Waals surface area contributed by atoms with Gasteiger partial charge < -0.3 is 4.74 Å². The molecule has 0 saturated carbocycles. The highest BCUT2D eigenvalue weighted by atomic mass is 19.2. The normalized spacial score (nSPS) is 13.9. The largest absolute Gasteiger partial charge is 0.496 e. The molecule has 92 valence electrons. The van der Waals surface area contributed by atoms with Gasteiger partial charge in [0.25, 0.3) is 0 Å². The topological polar surface area (TPSA) is 43.4 Å². The first kappa shape index (κ1) is 13.3. The number of methoxy groups -OCH3 is 1. The predicted molar refractivity (Wildman–Crippen MR) is 57.9 cm³/mol. The maximum Gasteiger partial charge on any atom is 0.200 e. The molecule has 0 aromatic heterocycles. The molecule has 2 atom stereocenters. The minimum absolute atomic E-state index is 0.0142. The van der Waals surface area contributed by atoms with Gasteiger partial charge in [0.05, 0.1) is 7.11 Å². The molecule has 0 aliphatic carbocycles. The number of halogens is 2. The fourth-order valence-corrected chi connectivity index (χ4v) is 1.40. The standard InChI is InChI=1S/C12H12F2O3/c1-7-5-8(3-4-10(7)17-2)12(16)11(14)9(13)6-15/h3-6,9,11H,1-2H3. The number of alkyl halides is 2. The van der Waals surface area contributed by atoms with Crippen molar-refractivity contribution in [1.82, 2.24) is 0 Å². The predicted octanol–water partition coefficient (Wildman–Crippen LogP) is 2.06. The molecule has 0 spiro atoms. The maximum absolute atomic E-state index is 13.2. The Balaban J connectivity index is 2.97. The Morgan fingerprint density at radius 1 is 1.41 bits per heavy atom. The zero-order chi connectivity index (χ0) is 13.0. The van der Waals surface area contributed by atoms with Gasteiger partial charge in [0.1, 0.15) is 5.75 Å². The van der Waals surface area contributed by atoms with Crippen molar-refractivity contribution >= 4 is 12.1 Å². The summed E-state index contributed by atoms with van der Waals surface area (Å²) in [4.78, 5) is 21.5. The van der Waals surface area contributed by atoms with Gasteiger partial charge in [-0.1, -0.05) is 0 Å². The number of aryl methyl sites for hydroxylation is 1. The summed E-state index contributed by atoms with van der Waals surface area (Å²) in [6.07, 6.45) is -5.11. The molecular weight excluding hydrogens is 230 g/mol. The van der Waals surface area contributed by atoms with Crippen LogP contribution in [0.15, 0.2) is 18.2 Å². The van der Waals surface area contributed by atoms with Crippen molar-refractivity contribution in [2.45, 2.75) is 19.3 Å². The minimum atomic E-state index is -2.46. The second kappa shape index (κ2) is 5.52. The van der Waals surface area contributed by atoms with Crippen LogP contribution in [0.25, 0.3) is 0 Å². The molecule has 17 heavy (non-hydrogen) atoms. The highest BCUT2D eigenvalue weighted by Crippen LogP contribution is 2.20.